The second kappa shape index (κ2) is 7.13. The zero-order valence-corrected chi connectivity index (χ0v) is 10.5. The highest BCUT2D eigenvalue weighted by Crippen LogP contribution is 2.03. The molecular formula is C14H17N3O. The monoisotopic (exact) mass is 243 g/mol. The van der Waals surface area contributed by atoms with Gasteiger partial charge in [0.25, 0.3) is 0 Å². The van der Waals surface area contributed by atoms with E-state index < -0.39 is 0 Å². The van der Waals surface area contributed by atoms with Crippen molar-refractivity contribution in [3.05, 3.63) is 47.7 Å². The number of rotatable bonds is 5. The minimum absolute atomic E-state index is 0.268. The first kappa shape index (κ1) is 13.8. The molecular weight excluding hydrogens is 226 g/mol. The van der Waals surface area contributed by atoms with Crippen LogP contribution in [0.2, 0.25) is 0 Å². The number of nitriles is 1. The molecule has 18 heavy (non-hydrogen) atoms. The molecule has 0 saturated carbocycles. The summed E-state index contributed by atoms with van der Waals surface area (Å²) in [4.78, 5) is 11.5. The van der Waals surface area contributed by atoms with Crippen LogP contribution in [0.25, 0.3) is 0 Å². The largest absolute Gasteiger partial charge is 0.334 e. The summed E-state index contributed by atoms with van der Waals surface area (Å²) in [5, 5.41) is 14.1. The first-order valence-corrected chi connectivity index (χ1v) is 5.87. The van der Waals surface area contributed by atoms with Crippen LogP contribution in [0.1, 0.15) is 30.9 Å². The summed E-state index contributed by atoms with van der Waals surface area (Å²) in [6, 6.07) is 8.93. The Morgan fingerprint density at radius 3 is 2.94 bits per heavy atom. The minimum atomic E-state index is -0.268. The molecule has 0 atom stereocenters. The standard InChI is InChI=1S/C14H17N3O/c1-3-5-11(2)17-14(18)16-10-13-7-4-6-12(8-13)9-15/h4,6-8H,2-3,5,10H2,1H3,(H2,16,17,18). The van der Waals surface area contributed by atoms with E-state index in [1.165, 1.54) is 0 Å². The van der Waals surface area contributed by atoms with Gasteiger partial charge >= 0.3 is 6.03 Å². The Hall–Kier alpha value is -2.28. The summed E-state index contributed by atoms with van der Waals surface area (Å²) in [6.45, 7) is 6.17. The van der Waals surface area contributed by atoms with E-state index in [0.29, 0.717) is 17.8 Å². The summed E-state index contributed by atoms with van der Waals surface area (Å²) < 4.78 is 0. The van der Waals surface area contributed by atoms with Gasteiger partial charge in [-0.1, -0.05) is 32.1 Å². The number of urea groups is 1. The summed E-state index contributed by atoms with van der Waals surface area (Å²) >= 11 is 0. The first-order valence-electron chi connectivity index (χ1n) is 5.87. The molecule has 2 amide bonds. The molecule has 2 N–H and O–H groups in total. The Labute approximate surface area is 107 Å². The van der Waals surface area contributed by atoms with Crippen LogP contribution in [0, 0.1) is 11.3 Å². The fraction of sp³-hybridized carbons (Fsp3) is 0.286. The van der Waals surface area contributed by atoms with Crippen molar-refractivity contribution in [1.82, 2.24) is 10.6 Å². The van der Waals surface area contributed by atoms with E-state index in [9.17, 15) is 4.79 Å². The lowest BCUT2D eigenvalue weighted by atomic mass is 10.1. The normalized spacial score (nSPS) is 9.33. The van der Waals surface area contributed by atoms with Crippen LogP contribution in [0.4, 0.5) is 4.79 Å². The lowest BCUT2D eigenvalue weighted by Gasteiger charge is -2.09. The van der Waals surface area contributed by atoms with Crippen molar-refractivity contribution in [2.75, 3.05) is 0 Å². The van der Waals surface area contributed by atoms with E-state index in [-0.39, 0.29) is 6.03 Å². The quantitative estimate of drug-likeness (QED) is 0.835. The van der Waals surface area contributed by atoms with Gasteiger partial charge in [0.15, 0.2) is 0 Å². The van der Waals surface area contributed by atoms with Gasteiger partial charge in [-0.15, -0.1) is 0 Å². The topological polar surface area (TPSA) is 64.9 Å². The number of carbonyl (C=O) groups excluding carboxylic acids is 1. The highest BCUT2D eigenvalue weighted by atomic mass is 16.2. The molecule has 0 bridgehead atoms. The molecule has 0 heterocycles. The van der Waals surface area contributed by atoms with Crippen LogP contribution in [0.3, 0.4) is 0 Å². The Bertz CT molecular complexity index is 474. The van der Waals surface area contributed by atoms with Gasteiger partial charge in [-0.25, -0.2) is 4.79 Å². The van der Waals surface area contributed by atoms with Crippen molar-refractivity contribution in [3.63, 3.8) is 0 Å². The molecule has 0 spiro atoms. The predicted molar refractivity (Wildman–Crippen MR) is 70.6 cm³/mol. The van der Waals surface area contributed by atoms with E-state index in [2.05, 4.69) is 23.3 Å². The average molecular weight is 243 g/mol. The molecule has 1 aromatic rings. The smallest absolute Gasteiger partial charge is 0.319 e. The van der Waals surface area contributed by atoms with Gasteiger partial charge in [0.1, 0.15) is 0 Å². The summed E-state index contributed by atoms with van der Waals surface area (Å²) in [7, 11) is 0. The van der Waals surface area contributed by atoms with Gasteiger partial charge in [0, 0.05) is 12.2 Å². The lowest BCUT2D eigenvalue weighted by molar-refractivity contribution is 0.242. The molecule has 1 aromatic carbocycles. The second-order valence-corrected chi connectivity index (χ2v) is 3.97. The number of nitrogens with zero attached hydrogens (tertiary/aromatic N) is 1. The number of amides is 2. The summed E-state index contributed by atoms with van der Waals surface area (Å²) in [5.41, 5.74) is 2.19. The maximum atomic E-state index is 11.5. The maximum absolute atomic E-state index is 11.5. The van der Waals surface area contributed by atoms with Crippen LogP contribution >= 0.6 is 0 Å². The zero-order chi connectivity index (χ0) is 13.4. The number of carbonyl (C=O) groups is 1. The number of benzene rings is 1. The molecule has 94 valence electrons. The van der Waals surface area contributed by atoms with Crippen molar-refractivity contribution in [3.8, 4) is 6.07 Å². The fourth-order valence-corrected chi connectivity index (χ4v) is 1.50. The van der Waals surface area contributed by atoms with E-state index in [0.717, 1.165) is 18.4 Å². The predicted octanol–water partition coefficient (Wildman–Crippen LogP) is 2.67. The third-order valence-electron chi connectivity index (χ3n) is 2.35. The zero-order valence-electron chi connectivity index (χ0n) is 10.5. The Morgan fingerprint density at radius 1 is 1.50 bits per heavy atom. The van der Waals surface area contributed by atoms with Crippen molar-refractivity contribution in [2.45, 2.75) is 26.3 Å². The van der Waals surface area contributed by atoms with Gasteiger partial charge < -0.3 is 10.6 Å². The molecule has 0 aliphatic heterocycles. The summed E-state index contributed by atoms with van der Waals surface area (Å²) in [5.74, 6) is 0. The van der Waals surface area contributed by atoms with E-state index >= 15 is 0 Å². The van der Waals surface area contributed by atoms with Crippen molar-refractivity contribution in [2.24, 2.45) is 0 Å². The lowest BCUT2D eigenvalue weighted by Crippen LogP contribution is -2.34. The molecule has 0 aliphatic carbocycles. The average Bonchev–Trinajstić information content (AvgIpc) is 2.37. The minimum Gasteiger partial charge on any atom is -0.334 e. The molecule has 0 radical (unpaired) electrons. The highest BCUT2D eigenvalue weighted by Gasteiger charge is 2.02. The van der Waals surface area contributed by atoms with Crippen LogP contribution in [-0.2, 0) is 6.54 Å². The molecule has 0 aromatic heterocycles. The van der Waals surface area contributed by atoms with Gasteiger partial charge in [0.05, 0.1) is 11.6 Å². The fourth-order valence-electron chi connectivity index (χ4n) is 1.50. The van der Waals surface area contributed by atoms with Crippen LogP contribution < -0.4 is 10.6 Å². The third-order valence-corrected chi connectivity index (χ3v) is 2.35. The second-order valence-electron chi connectivity index (χ2n) is 3.97. The summed E-state index contributed by atoms with van der Waals surface area (Å²) in [6.07, 6.45) is 1.72. The highest BCUT2D eigenvalue weighted by molar-refractivity contribution is 5.75. The SMILES string of the molecule is C=C(CCC)NC(=O)NCc1cccc(C#N)c1. The van der Waals surface area contributed by atoms with Crippen LogP contribution in [-0.4, -0.2) is 6.03 Å². The Kier molecular flexibility index (Phi) is 5.46. The molecule has 4 heteroatoms. The molecule has 4 nitrogen and oxygen atoms in total. The van der Waals surface area contributed by atoms with Crippen molar-refractivity contribution >= 4 is 6.03 Å². The number of hydrogen-bond acceptors (Lipinski definition) is 2. The molecule has 0 saturated heterocycles. The van der Waals surface area contributed by atoms with Gasteiger partial charge in [0.2, 0.25) is 0 Å². The van der Waals surface area contributed by atoms with Crippen molar-refractivity contribution < 1.29 is 4.79 Å². The molecule has 0 fully saturated rings. The Balaban J connectivity index is 2.43. The number of hydrogen-bond donors (Lipinski definition) is 2. The molecule has 0 aliphatic rings. The van der Waals surface area contributed by atoms with E-state index in [1.54, 1.807) is 18.2 Å². The Morgan fingerprint density at radius 2 is 2.28 bits per heavy atom. The van der Waals surface area contributed by atoms with E-state index in [4.69, 9.17) is 5.26 Å². The van der Waals surface area contributed by atoms with Gasteiger partial charge in [-0.3, -0.25) is 0 Å². The first-order chi connectivity index (χ1) is 8.65. The van der Waals surface area contributed by atoms with Gasteiger partial charge in [-0.05, 0) is 24.1 Å². The molecule has 0 unspecified atom stereocenters. The third kappa shape index (κ3) is 4.71. The van der Waals surface area contributed by atoms with Crippen LogP contribution in [0.5, 0.6) is 0 Å². The molecule has 1 rings (SSSR count). The van der Waals surface area contributed by atoms with E-state index in [1.807, 2.05) is 13.0 Å². The number of nitrogens with one attached hydrogen (secondary N) is 2. The van der Waals surface area contributed by atoms with Gasteiger partial charge in [-0.2, -0.15) is 5.26 Å². The van der Waals surface area contributed by atoms with Crippen molar-refractivity contribution in [1.29, 1.82) is 5.26 Å². The van der Waals surface area contributed by atoms with Crippen LogP contribution in [0.15, 0.2) is 36.5 Å². The number of allylic oxidation sites excluding steroid dienone is 1. The maximum Gasteiger partial charge on any atom is 0.319 e.